The summed E-state index contributed by atoms with van der Waals surface area (Å²) in [5.41, 5.74) is 1.60. The molecule has 0 saturated heterocycles. The number of anilines is 1. The fourth-order valence-electron chi connectivity index (χ4n) is 2.78. The minimum absolute atomic E-state index is 0.0727. The summed E-state index contributed by atoms with van der Waals surface area (Å²) < 4.78 is 10.5. The quantitative estimate of drug-likeness (QED) is 0.792. The largest absolute Gasteiger partial charge is 0.454 e. The molecule has 0 fully saturated rings. The Balaban J connectivity index is 1.63. The predicted octanol–water partition coefficient (Wildman–Crippen LogP) is 2.40. The van der Waals surface area contributed by atoms with Crippen molar-refractivity contribution in [2.75, 3.05) is 24.8 Å². The summed E-state index contributed by atoms with van der Waals surface area (Å²) in [7, 11) is 0. The van der Waals surface area contributed by atoms with Gasteiger partial charge in [0.05, 0.1) is 0 Å². The predicted molar refractivity (Wildman–Crippen MR) is 99.4 cm³/mol. The van der Waals surface area contributed by atoms with Crippen LogP contribution in [0.25, 0.3) is 0 Å². The van der Waals surface area contributed by atoms with Gasteiger partial charge in [-0.15, -0.1) is 0 Å². The van der Waals surface area contributed by atoms with Crippen molar-refractivity contribution < 1.29 is 23.9 Å². The van der Waals surface area contributed by atoms with Gasteiger partial charge in [-0.3, -0.25) is 14.4 Å². The first-order chi connectivity index (χ1) is 13.0. The van der Waals surface area contributed by atoms with Gasteiger partial charge < -0.3 is 19.7 Å². The van der Waals surface area contributed by atoms with Crippen LogP contribution in [-0.4, -0.2) is 37.5 Å². The second-order valence-electron chi connectivity index (χ2n) is 6.10. The molecule has 0 radical (unpaired) electrons. The topological polar surface area (TPSA) is 84.9 Å². The Morgan fingerprint density at radius 2 is 1.78 bits per heavy atom. The molecule has 3 rings (SSSR count). The van der Waals surface area contributed by atoms with Crippen molar-refractivity contribution in [2.45, 2.75) is 13.8 Å². The van der Waals surface area contributed by atoms with Gasteiger partial charge in [-0.1, -0.05) is 12.1 Å². The fraction of sp³-hybridized carbons (Fsp3) is 0.250. The Hall–Kier alpha value is -3.35. The molecule has 7 heteroatoms. The summed E-state index contributed by atoms with van der Waals surface area (Å²) in [6.45, 7) is 3.61. The number of hydrogen-bond donors (Lipinski definition) is 1. The van der Waals surface area contributed by atoms with E-state index in [9.17, 15) is 14.4 Å². The Kier molecular flexibility index (Phi) is 5.40. The molecule has 0 bridgehead atoms. The van der Waals surface area contributed by atoms with Crippen LogP contribution in [-0.2, 0) is 4.79 Å². The molecule has 1 aliphatic rings. The highest BCUT2D eigenvalue weighted by Gasteiger charge is 2.17. The number of carbonyl (C=O) groups is 3. The maximum absolute atomic E-state index is 12.3. The molecule has 2 aromatic rings. The van der Waals surface area contributed by atoms with E-state index >= 15 is 0 Å². The number of nitrogens with zero attached hydrogens (tertiary/aromatic N) is 1. The number of amides is 2. The third-order valence-electron chi connectivity index (χ3n) is 4.20. The maximum atomic E-state index is 12.3. The van der Waals surface area contributed by atoms with E-state index in [0.29, 0.717) is 28.3 Å². The molecule has 140 valence electrons. The highest BCUT2D eigenvalue weighted by atomic mass is 16.7. The number of fused-ring (bicyclic) bond motifs is 1. The lowest BCUT2D eigenvalue weighted by atomic mass is 10.1. The van der Waals surface area contributed by atoms with Crippen LogP contribution in [0, 0.1) is 0 Å². The van der Waals surface area contributed by atoms with E-state index in [0.717, 1.165) is 0 Å². The van der Waals surface area contributed by atoms with Gasteiger partial charge in [0, 0.05) is 36.8 Å². The van der Waals surface area contributed by atoms with Crippen LogP contribution in [0.2, 0.25) is 0 Å². The van der Waals surface area contributed by atoms with Crippen LogP contribution in [0.3, 0.4) is 0 Å². The van der Waals surface area contributed by atoms with Crippen molar-refractivity contribution in [3.8, 4) is 11.5 Å². The molecule has 7 nitrogen and oxygen atoms in total. The molecule has 1 heterocycles. The zero-order chi connectivity index (χ0) is 19.4. The van der Waals surface area contributed by atoms with Gasteiger partial charge in [0.1, 0.15) is 0 Å². The second kappa shape index (κ2) is 7.90. The summed E-state index contributed by atoms with van der Waals surface area (Å²) in [5, 5.41) is 2.79. The molecule has 2 amide bonds. The molecular weight excluding hydrogens is 348 g/mol. The maximum Gasteiger partial charge on any atom is 0.251 e. The van der Waals surface area contributed by atoms with Crippen molar-refractivity contribution in [1.29, 1.82) is 0 Å². The number of benzene rings is 2. The van der Waals surface area contributed by atoms with Gasteiger partial charge in [-0.25, -0.2) is 0 Å². The standard InChI is InChI=1S/C20H20N2O5/c1-13(23)15-4-3-5-17(10-15)22(14(2)24)9-8-21-20(25)16-6-7-18-19(11-16)27-12-26-18/h3-7,10-11H,8-9,12H2,1-2H3,(H,21,25). The van der Waals surface area contributed by atoms with Crippen molar-refractivity contribution in [3.05, 3.63) is 53.6 Å². The first-order valence-electron chi connectivity index (χ1n) is 8.52. The molecule has 2 aromatic carbocycles. The number of nitrogens with one attached hydrogen (secondary N) is 1. The minimum Gasteiger partial charge on any atom is -0.454 e. The summed E-state index contributed by atoms with van der Waals surface area (Å²) in [6.07, 6.45) is 0. The van der Waals surface area contributed by atoms with E-state index in [1.54, 1.807) is 42.5 Å². The smallest absolute Gasteiger partial charge is 0.251 e. The van der Waals surface area contributed by atoms with E-state index < -0.39 is 0 Å². The summed E-state index contributed by atoms with van der Waals surface area (Å²) >= 11 is 0. The zero-order valence-corrected chi connectivity index (χ0v) is 15.2. The number of ether oxygens (including phenoxy) is 2. The molecule has 0 atom stereocenters. The lowest BCUT2D eigenvalue weighted by Crippen LogP contribution is -2.37. The summed E-state index contributed by atoms with van der Waals surface area (Å²) in [5.74, 6) is 0.632. The Bertz CT molecular complexity index is 894. The van der Waals surface area contributed by atoms with Gasteiger partial charge in [-0.05, 0) is 37.3 Å². The average Bonchev–Trinajstić information content (AvgIpc) is 3.12. The number of rotatable bonds is 6. The Labute approximate surface area is 156 Å². The number of hydrogen-bond acceptors (Lipinski definition) is 5. The van der Waals surface area contributed by atoms with Crippen molar-refractivity contribution in [2.24, 2.45) is 0 Å². The lowest BCUT2D eigenvalue weighted by Gasteiger charge is -2.22. The normalized spacial score (nSPS) is 11.8. The van der Waals surface area contributed by atoms with Crippen molar-refractivity contribution >= 4 is 23.3 Å². The SMILES string of the molecule is CC(=O)c1cccc(N(CCNC(=O)c2ccc3c(c2)OCO3)C(C)=O)c1. The summed E-state index contributed by atoms with van der Waals surface area (Å²) in [4.78, 5) is 37.4. The number of Topliss-reactive ketones (excluding diaryl/α,β-unsaturated/α-hetero) is 1. The van der Waals surface area contributed by atoms with Gasteiger partial charge in [0.15, 0.2) is 17.3 Å². The third-order valence-corrected chi connectivity index (χ3v) is 4.20. The van der Waals surface area contributed by atoms with Gasteiger partial charge >= 0.3 is 0 Å². The third kappa shape index (κ3) is 4.25. The molecule has 0 spiro atoms. The molecule has 0 aromatic heterocycles. The van der Waals surface area contributed by atoms with Crippen LogP contribution < -0.4 is 19.7 Å². The molecule has 1 N–H and O–H groups in total. The van der Waals surface area contributed by atoms with E-state index in [1.807, 2.05) is 0 Å². The fourth-order valence-corrected chi connectivity index (χ4v) is 2.78. The molecule has 0 aliphatic carbocycles. The molecule has 0 saturated carbocycles. The average molecular weight is 368 g/mol. The molecule has 0 unspecified atom stereocenters. The van der Waals surface area contributed by atoms with E-state index in [1.165, 1.54) is 18.7 Å². The molecule has 27 heavy (non-hydrogen) atoms. The second-order valence-corrected chi connectivity index (χ2v) is 6.10. The van der Waals surface area contributed by atoms with Gasteiger partial charge in [-0.2, -0.15) is 0 Å². The summed E-state index contributed by atoms with van der Waals surface area (Å²) in [6, 6.07) is 11.8. The van der Waals surface area contributed by atoms with E-state index in [-0.39, 0.29) is 37.5 Å². The van der Waals surface area contributed by atoms with Crippen LogP contribution in [0.15, 0.2) is 42.5 Å². The first kappa shape index (κ1) is 18.4. The van der Waals surface area contributed by atoms with Crippen LogP contribution >= 0.6 is 0 Å². The van der Waals surface area contributed by atoms with Crippen LogP contribution in [0.5, 0.6) is 11.5 Å². The monoisotopic (exact) mass is 368 g/mol. The first-order valence-corrected chi connectivity index (χ1v) is 8.52. The molecular formula is C20H20N2O5. The van der Waals surface area contributed by atoms with Crippen LogP contribution in [0.1, 0.15) is 34.6 Å². The van der Waals surface area contributed by atoms with Crippen molar-refractivity contribution in [3.63, 3.8) is 0 Å². The Morgan fingerprint density at radius 3 is 2.52 bits per heavy atom. The lowest BCUT2D eigenvalue weighted by molar-refractivity contribution is -0.116. The zero-order valence-electron chi connectivity index (χ0n) is 15.2. The number of carbonyl (C=O) groups excluding carboxylic acids is 3. The van der Waals surface area contributed by atoms with Gasteiger partial charge in [0.2, 0.25) is 12.7 Å². The van der Waals surface area contributed by atoms with E-state index in [2.05, 4.69) is 5.32 Å². The van der Waals surface area contributed by atoms with E-state index in [4.69, 9.17) is 9.47 Å². The van der Waals surface area contributed by atoms with Crippen molar-refractivity contribution in [1.82, 2.24) is 5.32 Å². The molecule has 1 aliphatic heterocycles. The minimum atomic E-state index is -0.269. The van der Waals surface area contributed by atoms with Crippen LogP contribution in [0.4, 0.5) is 5.69 Å². The highest BCUT2D eigenvalue weighted by Crippen LogP contribution is 2.32. The van der Waals surface area contributed by atoms with Gasteiger partial charge in [0.25, 0.3) is 5.91 Å². The number of ketones is 1. The highest BCUT2D eigenvalue weighted by molar-refractivity contribution is 5.98. The Morgan fingerprint density at radius 1 is 1.00 bits per heavy atom.